The fourth-order valence-electron chi connectivity index (χ4n) is 1.91. The summed E-state index contributed by atoms with van der Waals surface area (Å²) >= 11 is 3.45. The van der Waals surface area contributed by atoms with Crippen LogP contribution in [0.5, 0.6) is 11.5 Å². The number of aromatic nitrogens is 2. The molecule has 0 aliphatic carbocycles. The van der Waals surface area contributed by atoms with Gasteiger partial charge in [-0.3, -0.25) is 0 Å². The lowest BCUT2D eigenvalue weighted by atomic mass is 9.91. The van der Waals surface area contributed by atoms with E-state index >= 15 is 0 Å². The van der Waals surface area contributed by atoms with E-state index in [4.69, 9.17) is 10.5 Å². The molecular weight excluding hydrogens is 334 g/mol. The summed E-state index contributed by atoms with van der Waals surface area (Å²) in [5.41, 5.74) is 7.36. The molecule has 0 saturated heterocycles. The van der Waals surface area contributed by atoms with Crippen LogP contribution in [-0.2, 0) is 5.41 Å². The van der Waals surface area contributed by atoms with Crippen molar-refractivity contribution in [3.8, 4) is 22.9 Å². The number of benzene rings is 1. The number of ether oxygens (including phenoxy) is 1. The number of nitrogens with two attached hydrogens (primary N) is 1. The summed E-state index contributed by atoms with van der Waals surface area (Å²) in [6.07, 6.45) is 0. The number of phenolic OH excluding ortho intramolecular Hbond substituents is 1. The van der Waals surface area contributed by atoms with Crippen molar-refractivity contribution in [2.75, 3.05) is 12.8 Å². The molecule has 1 aromatic carbocycles. The average molecular weight is 352 g/mol. The Hall–Kier alpha value is -1.82. The molecule has 0 atom stereocenters. The van der Waals surface area contributed by atoms with Crippen molar-refractivity contribution < 1.29 is 9.84 Å². The maximum Gasteiger partial charge on any atom is 0.161 e. The number of aromatic hydroxyl groups is 1. The highest BCUT2D eigenvalue weighted by atomic mass is 79.9. The Morgan fingerprint density at radius 1 is 1.24 bits per heavy atom. The molecule has 6 heteroatoms. The lowest BCUT2D eigenvalue weighted by molar-refractivity contribution is 0.373. The van der Waals surface area contributed by atoms with Gasteiger partial charge in [0.15, 0.2) is 17.3 Å². The number of nitrogens with zero attached hydrogens (tertiary/aromatic N) is 2. The van der Waals surface area contributed by atoms with Gasteiger partial charge in [0.05, 0.1) is 17.3 Å². The van der Waals surface area contributed by atoms with Crippen LogP contribution in [-0.4, -0.2) is 22.2 Å². The molecule has 2 rings (SSSR count). The van der Waals surface area contributed by atoms with Crippen molar-refractivity contribution in [1.29, 1.82) is 0 Å². The highest BCUT2D eigenvalue weighted by molar-refractivity contribution is 9.10. The molecule has 0 fully saturated rings. The molecule has 0 bridgehead atoms. The Morgan fingerprint density at radius 3 is 2.48 bits per heavy atom. The molecule has 0 aliphatic rings. The van der Waals surface area contributed by atoms with Crippen molar-refractivity contribution in [2.45, 2.75) is 26.2 Å². The number of anilines is 1. The summed E-state index contributed by atoms with van der Waals surface area (Å²) < 4.78 is 5.83. The number of phenols is 1. The fourth-order valence-corrected chi connectivity index (χ4v) is 2.68. The molecule has 112 valence electrons. The lowest BCUT2D eigenvalue weighted by Crippen LogP contribution is -2.17. The van der Waals surface area contributed by atoms with Gasteiger partial charge in [-0.1, -0.05) is 20.8 Å². The molecule has 0 aliphatic heterocycles. The third-order valence-electron chi connectivity index (χ3n) is 3.03. The molecule has 0 saturated carbocycles. The first kappa shape index (κ1) is 15.6. The monoisotopic (exact) mass is 351 g/mol. The Balaban J connectivity index is 2.62. The molecule has 0 unspecified atom stereocenters. The average Bonchev–Trinajstić information content (AvgIpc) is 2.41. The predicted octanol–water partition coefficient (Wildman–Crippen LogP) is 3.50. The number of rotatable bonds is 2. The number of hydrogen-bond donors (Lipinski definition) is 2. The Labute approximate surface area is 132 Å². The highest BCUT2D eigenvalue weighted by Gasteiger charge is 2.23. The van der Waals surface area contributed by atoms with E-state index in [9.17, 15) is 5.11 Å². The first-order chi connectivity index (χ1) is 9.74. The second kappa shape index (κ2) is 5.52. The van der Waals surface area contributed by atoms with E-state index in [2.05, 4.69) is 46.7 Å². The van der Waals surface area contributed by atoms with Crippen LogP contribution in [0.25, 0.3) is 11.4 Å². The highest BCUT2D eigenvalue weighted by Crippen LogP contribution is 2.35. The van der Waals surface area contributed by atoms with E-state index in [1.165, 1.54) is 7.11 Å². The predicted molar refractivity (Wildman–Crippen MR) is 86.5 cm³/mol. The molecule has 0 spiro atoms. The van der Waals surface area contributed by atoms with Gasteiger partial charge in [0.1, 0.15) is 5.82 Å². The largest absolute Gasteiger partial charge is 0.504 e. The first-order valence-electron chi connectivity index (χ1n) is 6.45. The molecule has 2 aromatic rings. The van der Waals surface area contributed by atoms with Gasteiger partial charge in [0, 0.05) is 11.0 Å². The Bertz CT molecular complexity index is 681. The van der Waals surface area contributed by atoms with Gasteiger partial charge in [-0.25, -0.2) is 9.97 Å². The lowest BCUT2D eigenvalue weighted by Gasteiger charge is -2.21. The summed E-state index contributed by atoms with van der Waals surface area (Å²) in [4.78, 5) is 8.91. The molecule has 3 N–H and O–H groups in total. The van der Waals surface area contributed by atoms with E-state index in [0.29, 0.717) is 21.9 Å². The number of hydrogen-bond acceptors (Lipinski definition) is 5. The molecule has 21 heavy (non-hydrogen) atoms. The van der Waals surface area contributed by atoms with E-state index in [-0.39, 0.29) is 11.2 Å². The smallest absolute Gasteiger partial charge is 0.161 e. The van der Waals surface area contributed by atoms with Crippen LogP contribution >= 0.6 is 15.9 Å². The third-order valence-corrected chi connectivity index (χ3v) is 3.81. The number of nitrogen functional groups attached to an aromatic ring is 1. The minimum Gasteiger partial charge on any atom is -0.504 e. The SMILES string of the molecule is COc1cc(-c2nc(N)c(Br)c(C(C)(C)C)n2)ccc1O. The van der Waals surface area contributed by atoms with Crippen LogP contribution in [0, 0.1) is 0 Å². The van der Waals surface area contributed by atoms with Gasteiger partial charge >= 0.3 is 0 Å². The quantitative estimate of drug-likeness (QED) is 0.865. The van der Waals surface area contributed by atoms with Crippen molar-refractivity contribution >= 4 is 21.7 Å². The summed E-state index contributed by atoms with van der Waals surface area (Å²) in [6, 6.07) is 4.96. The number of halogens is 1. The standard InChI is InChI=1S/C15H18BrN3O2/c1-15(2,3)12-11(16)13(17)19-14(18-12)8-5-6-9(20)10(7-8)21-4/h5-7,20H,1-4H3,(H2,17,18,19). The zero-order valence-electron chi connectivity index (χ0n) is 12.4. The molecular formula is C15H18BrN3O2. The van der Waals surface area contributed by atoms with Gasteiger partial charge < -0.3 is 15.6 Å². The Kier molecular flexibility index (Phi) is 4.09. The third kappa shape index (κ3) is 3.10. The normalized spacial score (nSPS) is 11.5. The van der Waals surface area contributed by atoms with Crippen LogP contribution in [0.4, 0.5) is 5.82 Å². The van der Waals surface area contributed by atoms with Crippen molar-refractivity contribution in [3.05, 3.63) is 28.4 Å². The maximum atomic E-state index is 9.67. The zero-order chi connectivity index (χ0) is 15.8. The van der Waals surface area contributed by atoms with Gasteiger partial charge in [-0.05, 0) is 34.1 Å². The Morgan fingerprint density at radius 2 is 1.90 bits per heavy atom. The molecule has 0 amide bonds. The first-order valence-corrected chi connectivity index (χ1v) is 7.24. The van der Waals surface area contributed by atoms with Crippen LogP contribution in [0.3, 0.4) is 0 Å². The van der Waals surface area contributed by atoms with Crippen molar-refractivity contribution in [1.82, 2.24) is 9.97 Å². The molecule has 1 heterocycles. The summed E-state index contributed by atoms with van der Waals surface area (Å²) in [5, 5.41) is 9.67. The van der Waals surface area contributed by atoms with Crippen LogP contribution < -0.4 is 10.5 Å². The second-order valence-corrected chi connectivity index (χ2v) is 6.52. The maximum absolute atomic E-state index is 9.67. The van der Waals surface area contributed by atoms with Crippen LogP contribution in [0.15, 0.2) is 22.7 Å². The minimum absolute atomic E-state index is 0.0716. The van der Waals surface area contributed by atoms with Gasteiger partial charge in [0.2, 0.25) is 0 Å². The zero-order valence-corrected chi connectivity index (χ0v) is 14.0. The van der Waals surface area contributed by atoms with Gasteiger partial charge in [-0.2, -0.15) is 0 Å². The molecule has 1 aromatic heterocycles. The van der Waals surface area contributed by atoms with Gasteiger partial charge in [-0.15, -0.1) is 0 Å². The summed E-state index contributed by atoms with van der Waals surface area (Å²) in [5.74, 6) is 1.33. The topological polar surface area (TPSA) is 81.3 Å². The second-order valence-electron chi connectivity index (χ2n) is 5.73. The fraction of sp³-hybridized carbons (Fsp3) is 0.333. The molecule has 5 nitrogen and oxygen atoms in total. The van der Waals surface area contributed by atoms with Gasteiger partial charge in [0.25, 0.3) is 0 Å². The minimum atomic E-state index is -0.175. The molecule has 0 radical (unpaired) electrons. The summed E-state index contributed by atoms with van der Waals surface area (Å²) in [7, 11) is 1.50. The van der Waals surface area contributed by atoms with Crippen LogP contribution in [0.1, 0.15) is 26.5 Å². The number of methoxy groups -OCH3 is 1. The van der Waals surface area contributed by atoms with E-state index in [1.54, 1.807) is 18.2 Å². The summed E-state index contributed by atoms with van der Waals surface area (Å²) in [6.45, 7) is 6.17. The van der Waals surface area contributed by atoms with Crippen LogP contribution in [0.2, 0.25) is 0 Å². The van der Waals surface area contributed by atoms with E-state index in [0.717, 1.165) is 11.3 Å². The van der Waals surface area contributed by atoms with Crippen molar-refractivity contribution in [2.24, 2.45) is 0 Å². The van der Waals surface area contributed by atoms with E-state index < -0.39 is 0 Å². The van der Waals surface area contributed by atoms with E-state index in [1.807, 2.05) is 0 Å². The van der Waals surface area contributed by atoms with Crippen molar-refractivity contribution in [3.63, 3.8) is 0 Å².